The van der Waals surface area contributed by atoms with Crippen molar-refractivity contribution in [2.75, 3.05) is 0 Å². The first-order valence-electron chi connectivity index (χ1n) is 5.34. The summed E-state index contributed by atoms with van der Waals surface area (Å²) in [5.41, 5.74) is 1.90. The summed E-state index contributed by atoms with van der Waals surface area (Å²) in [5, 5.41) is 0. The summed E-state index contributed by atoms with van der Waals surface area (Å²) in [6, 6.07) is 4.67. The molecule has 0 saturated heterocycles. The predicted octanol–water partition coefficient (Wildman–Crippen LogP) is 3.67. The van der Waals surface area contributed by atoms with Gasteiger partial charge in [0.25, 0.3) is 0 Å². The smallest absolute Gasteiger partial charge is 0.149 e. The molecule has 0 bridgehead atoms. The molecule has 0 N–H and O–H groups in total. The minimum Gasteiger partial charge on any atom is -0.298 e. The monoisotopic (exact) mass is 286 g/mol. The summed E-state index contributed by atoms with van der Waals surface area (Å²) in [5.74, 6) is -0.0980. The lowest BCUT2D eigenvalue weighted by Crippen LogP contribution is -2.22. The molecule has 0 aliphatic rings. The lowest BCUT2D eigenvalue weighted by molar-refractivity contribution is -0.121. The van der Waals surface area contributed by atoms with Crippen molar-refractivity contribution in [3.8, 4) is 0 Å². The van der Waals surface area contributed by atoms with E-state index >= 15 is 0 Å². The summed E-state index contributed by atoms with van der Waals surface area (Å²) in [4.78, 5) is 11.5. The van der Waals surface area contributed by atoms with Gasteiger partial charge in [-0.15, -0.1) is 0 Å². The van der Waals surface area contributed by atoms with E-state index < -0.39 is 0 Å². The zero-order chi connectivity index (χ0) is 12.3. The molecular weight excluding hydrogens is 271 g/mol. The van der Waals surface area contributed by atoms with E-state index in [0.717, 1.165) is 11.1 Å². The molecule has 0 spiro atoms. The fourth-order valence-corrected chi connectivity index (χ4v) is 2.39. The van der Waals surface area contributed by atoms with Gasteiger partial charge in [0.05, 0.1) is 4.83 Å². The van der Waals surface area contributed by atoms with Crippen molar-refractivity contribution < 1.29 is 9.18 Å². The number of carbonyl (C=O) groups is 1. The molecule has 0 aliphatic carbocycles. The van der Waals surface area contributed by atoms with E-state index in [1.807, 2.05) is 20.8 Å². The largest absolute Gasteiger partial charge is 0.298 e. The number of alkyl halides is 1. The maximum absolute atomic E-state index is 13.1. The highest BCUT2D eigenvalue weighted by Crippen LogP contribution is 2.18. The number of ketones is 1. The van der Waals surface area contributed by atoms with Crippen LogP contribution in [0.15, 0.2) is 18.2 Å². The fraction of sp³-hybridized carbons (Fsp3) is 0.462. The molecule has 0 aromatic heterocycles. The molecule has 0 aliphatic heterocycles. The molecule has 1 aromatic rings. The average molecular weight is 287 g/mol. The van der Waals surface area contributed by atoms with Crippen LogP contribution in [0.25, 0.3) is 0 Å². The predicted molar refractivity (Wildman–Crippen MR) is 67.4 cm³/mol. The summed E-state index contributed by atoms with van der Waals surface area (Å²) >= 11 is 3.37. The highest BCUT2D eigenvalue weighted by Gasteiger charge is 2.19. The van der Waals surface area contributed by atoms with Crippen molar-refractivity contribution in [3.05, 3.63) is 35.1 Å². The molecule has 3 heteroatoms. The molecule has 0 heterocycles. The number of halogens is 2. The van der Waals surface area contributed by atoms with Crippen molar-refractivity contribution in [2.45, 2.75) is 32.0 Å². The highest BCUT2D eigenvalue weighted by atomic mass is 79.9. The van der Waals surface area contributed by atoms with E-state index in [2.05, 4.69) is 15.9 Å². The first-order valence-corrected chi connectivity index (χ1v) is 6.26. The van der Waals surface area contributed by atoms with Gasteiger partial charge in [-0.05, 0) is 36.6 Å². The van der Waals surface area contributed by atoms with Gasteiger partial charge < -0.3 is 0 Å². The van der Waals surface area contributed by atoms with Crippen molar-refractivity contribution in [1.82, 2.24) is 0 Å². The molecule has 0 radical (unpaired) electrons. The van der Waals surface area contributed by atoms with Gasteiger partial charge >= 0.3 is 0 Å². The molecule has 1 aromatic carbocycles. The molecule has 1 unspecified atom stereocenters. The molecule has 0 fully saturated rings. The average Bonchev–Trinajstić information content (AvgIpc) is 2.22. The van der Waals surface area contributed by atoms with Gasteiger partial charge in [0.1, 0.15) is 11.6 Å². The van der Waals surface area contributed by atoms with Gasteiger partial charge in [-0.2, -0.15) is 0 Å². The van der Waals surface area contributed by atoms with Crippen LogP contribution in [0.4, 0.5) is 4.39 Å². The third-order valence-corrected chi connectivity index (χ3v) is 3.36. The zero-order valence-electron chi connectivity index (χ0n) is 9.76. The van der Waals surface area contributed by atoms with Gasteiger partial charge in [-0.1, -0.05) is 35.8 Å². The molecule has 16 heavy (non-hydrogen) atoms. The van der Waals surface area contributed by atoms with Crippen LogP contribution in [0, 0.1) is 18.7 Å². The quantitative estimate of drug-likeness (QED) is 0.772. The maximum atomic E-state index is 13.1. The molecule has 1 nitrogen and oxygen atoms in total. The standard InChI is InChI=1S/C13H16BrFO/c1-8(2)13(16)12(14)7-10-6-11(15)5-4-9(10)3/h4-6,8,12H,7H2,1-3H3. The van der Waals surface area contributed by atoms with Crippen LogP contribution in [0.2, 0.25) is 0 Å². The van der Waals surface area contributed by atoms with Crippen LogP contribution < -0.4 is 0 Å². The van der Waals surface area contributed by atoms with Crippen LogP contribution >= 0.6 is 15.9 Å². The SMILES string of the molecule is Cc1ccc(F)cc1CC(Br)C(=O)C(C)C. The van der Waals surface area contributed by atoms with Crippen molar-refractivity contribution in [2.24, 2.45) is 5.92 Å². The van der Waals surface area contributed by atoms with E-state index in [0.29, 0.717) is 6.42 Å². The van der Waals surface area contributed by atoms with Crippen LogP contribution in [0.3, 0.4) is 0 Å². The number of rotatable bonds is 4. The summed E-state index contributed by atoms with van der Waals surface area (Å²) in [7, 11) is 0. The molecule has 0 amide bonds. The topological polar surface area (TPSA) is 17.1 Å². The lowest BCUT2D eigenvalue weighted by atomic mass is 9.98. The summed E-state index contributed by atoms with van der Waals surface area (Å²) < 4.78 is 13.1. The summed E-state index contributed by atoms with van der Waals surface area (Å²) in [6.07, 6.45) is 0.542. The number of hydrogen-bond acceptors (Lipinski definition) is 1. The van der Waals surface area contributed by atoms with Crippen LogP contribution in [0.1, 0.15) is 25.0 Å². The third-order valence-electron chi connectivity index (χ3n) is 2.59. The van der Waals surface area contributed by atoms with Gasteiger partial charge in [-0.3, -0.25) is 4.79 Å². The van der Waals surface area contributed by atoms with Gasteiger partial charge in [0, 0.05) is 5.92 Å². The van der Waals surface area contributed by atoms with E-state index in [-0.39, 0.29) is 22.3 Å². The van der Waals surface area contributed by atoms with Crippen LogP contribution in [-0.2, 0) is 11.2 Å². The molecule has 1 rings (SSSR count). The number of aryl methyl sites for hydroxylation is 1. The Morgan fingerprint density at radius 3 is 2.62 bits per heavy atom. The Morgan fingerprint density at radius 1 is 1.44 bits per heavy atom. The van der Waals surface area contributed by atoms with Crippen molar-refractivity contribution in [1.29, 1.82) is 0 Å². The second-order valence-electron chi connectivity index (χ2n) is 4.30. The Kier molecular flexibility index (Phi) is 4.66. The number of carbonyl (C=O) groups excluding carboxylic acids is 1. The van der Waals surface area contributed by atoms with Gasteiger partial charge in [0.2, 0.25) is 0 Å². The van der Waals surface area contributed by atoms with Crippen LogP contribution in [0.5, 0.6) is 0 Å². The molecule has 1 atom stereocenters. The minimum absolute atomic E-state index is 0.00163. The Bertz CT molecular complexity index is 388. The summed E-state index contributed by atoms with van der Waals surface area (Å²) in [6.45, 7) is 5.67. The van der Waals surface area contributed by atoms with E-state index in [9.17, 15) is 9.18 Å². The van der Waals surface area contributed by atoms with Gasteiger partial charge in [-0.25, -0.2) is 4.39 Å². The lowest BCUT2D eigenvalue weighted by Gasteiger charge is -2.13. The first kappa shape index (κ1) is 13.4. The van der Waals surface area contributed by atoms with Crippen molar-refractivity contribution >= 4 is 21.7 Å². The van der Waals surface area contributed by atoms with E-state index in [1.165, 1.54) is 12.1 Å². The van der Waals surface area contributed by atoms with E-state index in [1.54, 1.807) is 6.07 Å². The normalized spacial score (nSPS) is 12.9. The molecule has 88 valence electrons. The second-order valence-corrected chi connectivity index (χ2v) is 5.40. The Morgan fingerprint density at radius 2 is 2.06 bits per heavy atom. The molecule has 0 saturated carbocycles. The first-order chi connectivity index (χ1) is 7.41. The Balaban J connectivity index is 2.80. The number of hydrogen-bond donors (Lipinski definition) is 0. The number of Topliss-reactive ketones (excluding diaryl/α,β-unsaturated/α-hetero) is 1. The molecular formula is C13H16BrFO. The number of benzene rings is 1. The van der Waals surface area contributed by atoms with Crippen LogP contribution in [-0.4, -0.2) is 10.6 Å². The van der Waals surface area contributed by atoms with Gasteiger partial charge in [0.15, 0.2) is 0 Å². The Labute approximate surface area is 104 Å². The fourth-order valence-electron chi connectivity index (χ4n) is 1.52. The Hall–Kier alpha value is -0.700. The van der Waals surface area contributed by atoms with E-state index in [4.69, 9.17) is 0 Å². The highest BCUT2D eigenvalue weighted by molar-refractivity contribution is 9.10. The zero-order valence-corrected chi connectivity index (χ0v) is 11.3. The second kappa shape index (κ2) is 5.58. The van der Waals surface area contributed by atoms with Crippen molar-refractivity contribution in [3.63, 3.8) is 0 Å². The third kappa shape index (κ3) is 3.41. The maximum Gasteiger partial charge on any atom is 0.149 e. The minimum atomic E-state index is -0.253.